The molecule has 3 amide bonds. The molecule has 92 valence electrons. The number of rotatable bonds is 5. The number of imide groups is 1. The minimum absolute atomic E-state index is 0.105. The summed E-state index contributed by atoms with van der Waals surface area (Å²) in [4.78, 5) is 22.5. The Balaban J connectivity index is 2.28. The number of thioether (sulfide) groups is 1. The predicted octanol–water partition coefficient (Wildman–Crippen LogP) is -0.0810. The lowest BCUT2D eigenvalue weighted by molar-refractivity contribution is -0.117. The number of hydrogen-bond acceptors (Lipinski definition) is 5. The molecule has 0 aliphatic heterocycles. The molecule has 0 aliphatic rings. The summed E-state index contributed by atoms with van der Waals surface area (Å²) in [7, 11) is 1.77. The maximum atomic E-state index is 11.3. The van der Waals surface area contributed by atoms with Gasteiger partial charge in [0.2, 0.25) is 5.91 Å². The summed E-state index contributed by atoms with van der Waals surface area (Å²) in [6.07, 6.45) is 3.06. The molecule has 8 heteroatoms. The molecular formula is C9H13N5O2S. The first-order valence-electron chi connectivity index (χ1n) is 4.79. The van der Waals surface area contributed by atoms with Crippen LogP contribution in [0.1, 0.15) is 0 Å². The molecule has 0 unspecified atom stereocenters. The van der Waals surface area contributed by atoms with Gasteiger partial charge in [-0.1, -0.05) is 17.8 Å². The summed E-state index contributed by atoms with van der Waals surface area (Å²) in [5.41, 5.74) is 0. The van der Waals surface area contributed by atoms with Crippen LogP contribution in [0.25, 0.3) is 0 Å². The Hall–Kier alpha value is -1.83. The summed E-state index contributed by atoms with van der Waals surface area (Å²) in [5.74, 6) is -0.284. The zero-order valence-corrected chi connectivity index (χ0v) is 10.2. The lowest BCUT2D eigenvalue weighted by Crippen LogP contribution is -2.40. The maximum absolute atomic E-state index is 11.3. The molecule has 2 N–H and O–H groups in total. The van der Waals surface area contributed by atoms with Crippen LogP contribution < -0.4 is 10.6 Å². The van der Waals surface area contributed by atoms with Crippen molar-refractivity contribution in [3.8, 4) is 0 Å². The Kier molecular flexibility index (Phi) is 5.21. The van der Waals surface area contributed by atoms with E-state index in [1.807, 2.05) is 0 Å². The van der Waals surface area contributed by atoms with Gasteiger partial charge >= 0.3 is 6.03 Å². The van der Waals surface area contributed by atoms with Crippen LogP contribution in [0.4, 0.5) is 4.79 Å². The SMILES string of the molecule is C=CCNC(=O)NC(=O)CSc1nncn1C. The zero-order chi connectivity index (χ0) is 12.7. The number of aryl methyl sites for hydroxylation is 1. The first-order chi connectivity index (χ1) is 8.13. The Bertz CT molecular complexity index is 417. The van der Waals surface area contributed by atoms with E-state index in [0.29, 0.717) is 11.7 Å². The Morgan fingerprint density at radius 2 is 2.41 bits per heavy atom. The third-order valence-electron chi connectivity index (χ3n) is 1.66. The lowest BCUT2D eigenvalue weighted by Gasteiger charge is -2.04. The summed E-state index contributed by atoms with van der Waals surface area (Å²) in [5, 5.41) is 12.7. The average molecular weight is 255 g/mol. The van der Waals surface area contributed by atoms with Crippen molar-refractivity contribution in [2.75, 3.05) is 12.3 Å². The van der Waals surface area contributed by atoms with Gasteiger partial charge in [0.05, 0.1) is 5.75 Å². The predicted molar refractivity (Wildman–Crippen MR) is 63.5 cm³/mol. The van der Waals surface area contributed by atoms with E-state index in [0.717, 1.165) is 0 Å². The van der Waals surface area contributed by atoms with Gasteiger partial charge in [-0.05, 0) is 0 Å². The number of urea groups is 1. The van der Waals surface area contributed by atoms with Gasteiger partial charge in [-0.2, -0.15) is 0 Å². The first-order valence-corrected chi connectivity index (χ1v) is 5.77. The minimum Gasteiger partial charge on any atom is -0.334 e. The van der Waals surface area contributed by atoms with Gasteiger partial charge in [0.25, 0.3) is 0 Å². The molecule has 0 saturated carbocycles. The van der Waals surface area contributed by atoms with Crippen molar-refractivity contribution in [2.45, 2.75) is 5.16 Å². The summed E-state index contributed by atoms with van der Waals surface area (Å²) in [6.45, 7) is 3.76. The molecule has 0 atom stereocenters. The fourth-order valence-corrected chi connectivity index (χ4v) is 1.59. The topological polar surface area (TPSA) is 88.9 Å². The van der Waals surface area contributed by atoms with Crippen molar-refractivity contribution < 1.29 is 9.59 Å². The average Bonchev–Trinajstić information content (AvgIpc) is 2.69. The molecule has 0 saturated heterocycles. The highest BCUT2D eigenvalue weighted by molar-refractivity contribution is 7.99. The van der Waals surface area contributed by atoms with E-state index in [4.69, 9.17) is 0 Å². The summed E-state index contributed by atoms with van der Waals surface area (Å²) < 4.78 is 1.69. The van der Waals surface area contributed by atoms with E-state index in [2.05, 4.69) is 27.4 Å². The normalized spacial score (nSPS) is 9.71. The molecule has 17 heavy (non-hydrogen) atoms. The van der Waals surface area contributed by atoms with Gasteiger partial charge in [0, 0.05) is 13.6 Å². The van der Waals surface area contributed by atoms with Crippen molar-refractivity contribution in [1.29, 1.82) is 0 Å². The standard InChI is InChI=1S/C9H13N5O2S/c1-3-4-10-8(16)12-7(15)5-17-9-13-11-6-14(9)2/h3,6H,1,4-5H2,2H3,(H2,10,12,15,16). The number of aromatic nitrogens is 3. The van der Waals surface area contributed by atoms with E-state index >= 15 is 0 Å². The second kappa shape index (κ2) is 6.69. The molecule has 1 heterocycles. The van der Waals surface area contributed by atoms with Crippen LogP contribution in [0.2, 0.25) is 0 Å². The van der Waals surface area contributed by atoms with E-state index in [1.54, 1.807) is 11.6 Å². The van der Waals surface area contributed by atoms with Crippen LogP contribution in [0, 0.1) is 0 Å². The summed E-state index contributed by atoms with van der Waals surface area (Å²) >= 11 is 1.20. The van der Waals surface area contributed by atoms with Crippen LogP contribution in [0.3, 0.4) is 0 Å². The van der Waals surface area contributed by atoms with Crippen molar-refractivity contribution >= 4 is 23.7 Å². The van der Waals surface area contributed by atoms with Gasteiger partial charge in [-0.25, -0.2) is 4.79 Å². The molecule has 0 radical (unpaired) electrons. The Labute approximate surface area is 103 Å². The quantitative estimate of drug-likeness (QED) is 0.567. The number of carbonyl (C=O) groups is 2. The van der Waals surface area contributed by atoms with Crippen molar-refractivity contribution in [3.05, 3.63) is 19.0 Å². The van der Waals surface area contributed by atoms with Gasteiger partial charge in [-0.3, -0.25) is 10.1 Å². The molecule has 0 bridgehead atoms. The maximum Gasteiger partial charge on any atom is 0.321 e. The third-order valence-corrected chi connectivity index (χ3v) is 2.70. The van der Waals surface area contributed by atoms with Gasteiger partial charge < -0.3 is 9.88 Å². The van der Waals surface area contributed by atoms with Crippen molar-refractivity contribution in [1.82, 2.24) is 25.4 Å². The largest absolute Gasteiger partial charge is 0.334 e. The van der Waals surface area contributed by atoms with Gasteiger partial charge in [0.1, 0.15) is 6.33 Å². The highest BCUT2D eigenvalue weighted by Gasteiger charge is 2.09. The molecule has 0 spiro atoms. The monoisotopic (exact) mass is 255 g/mol. The fourth-order valence-electron chi connectivity index (χ4n) is 0.905. The minimum atomic E-state index is -0.534. The number of amides is 3. The smallest absolute Gasteiger partial charge is 0.321 e. The highest BCUT2D eigenvalue weighted by atomic mass is 32.2. The third kappa shape index (κ3) is 4.68. The van der Waals surface area contributed by atoms with Gasteiger partial charge in [0.15, 0.2) is 5.16 Å². The van der Waals surface area contributed by atoms with Crippen molar-refractivity contribution in [2.24, 2.45) is 7.05 Å². The van der Waals surface area contributed by atoms with Crippen LogP contribution in [0.15, 0.2) is 24.1 Å². The Morgan fingerprint density at radius 3 is 3.00 bits per heavy atom. The molecule has 7 nitrogen and oxygen atoms in total. The fraction of sp³-hybridized carbons (Fsp3) is 0.333. The number of hydrogen-bond donors (Lipinski definition) is 2. The Morgan fingerprint density at radius 1 is 1.65 bits per heavy atom. The molecular weight excluding hydrogens is 242 g/mol. The highest BCUT2D eigenvalue weighted by Crippen LogP contribution is 2.12. The molecule has 1 rings (SSSR count). The number of nitrogens with zero attached hydrogens (tertiary/aromatic N) is 3. The van der Waals surface area contributed by atoms with Crippen LogP contribution in [-0.4, -0.2) is 39.0 Å². The molecule has 0 fully saturated rings. The second-order valence-electron chi connectivity index (χ2n) is 3.06. The zero-order valence-electron chi connectivity index (χ0n) is 9.34. The van der Waals surface area contributed by atoms with E-state index in [-0.39, 0.29) is 11.7 Å². The lowest BCUT2D eigenvalue weighted by atomic mass is 10.6. The van der Waals surface area contributed by atoms with Crippen LogP contribution in [0.5, 0.6) is 0 Å². The molecule has 1 aromatic heterocycles. The number of carbonyl (C=O) groups excluding carboxylic acids is 2. The molecule has 0 aliphatic carbocycles. The van der Waals surface area contributed by atoms with E-state index < -0.39 is 6.03 Å². The second-order valence-corrected chi connectivity index (χ2v) is 4.00. The van der Waals surface area contributed by atoms with Crippen LogP contribution in [-0.2, 0) is 11.8 Å². The first kappa shape index (κ1) is 13.2. The molecule has 1 aromatic rings. The number of nitrogens with one attached hydrogen (secondary N) is 2. The summed E-state index contributed by atoms with van der Waals surface area (Å²) in [6, 6.07) is -0.534. The van der Waals surface area contributed by atoms with E-state index in [1.165, 1.54) is 24.2 Å². The van der Waals surface area contributed by atoms with Gasteiger partial charge in [-0.15, -0.1) is 16.8 Å². The molecule has 0 aromatic carbocycles. The van der Waals surface area contributed by atoms with Crippen molar-refractivity contribution in [3.63, 3.8) is 0 Å². The van der Waals surface area contributed by atoms with E-state index in [9.17, 15) is 9.59 Å². The van der Waals surface area contributed by atoms with Crippen LogP contribution >= 0.6 is 11.8 Å².